The smallest absolute Gasteiger partial charge is 0.343 e. The fourth-order valence-electron chi connectivity index (χ4n) is 4.08. The van der Waals surface area contributed by atoms with Crippen LogP contribution in [-0.2, 0) is 4.74 Å². The zero-order chi connectivity index (χ0) is 27.3. The third kappa shape index (κ3) is 8.56. The molecular formula is C33H40O5. The number of carbonyl (C=O) groups is 2. The second kappa shape index (κ2) is 15.1. The highest BCUT2D eigenvalue weighted by Crippen LogP contribution is 2.24. The van der Waals surface area contributed by atoms with E-state index >= 15 is 0 Å². The molecule has 0 spiro atoms. The fourth-order valence-corrected chi connectivity index (χ4v) is 4.08. The van der Waals surface area contributed by atoms with Crippen molar-refractivity contribution in [2.45, 2.75) is 65.9 Å². The molecule has 0 N–H and O–H groups in total. The van der Waals surface area contributed by atoms with Crippen LogP contribution in [0.5, 0.6) is 11.5 Å². The maximum absolute atomic E-state index is 12.6. The lowest BCUT2D eigenvalue weighted by Crippen LogP contribution is -2.16. The van der Waals surface area contributed by atoms with Gasteiger partial charge in [0.15, 0.2) is 5.78 Å². The maximum atomic E-state index is 12.6. The summed E-state index contributed by atoms with van der Waals surface area (Å²) in [5.41, 5.74) is 3.15. The van der Waals surface area contributed by atoms with Crippen LogP contribution in [0.1, 0.15) is 80.5 Å². The predicted octanol–water partition coefficient (Wildman–Crippen LogP) is 8.17. The van der Waals surface area contributed by atoms with Crippen LogP contribution >= 0.6 is 0 Å². The van der Waals surface area contributed by atoms with E-state index in [4.69, 9.17) is 14.2 Å². The Labute approximate surface area is 227 Å². The van der Waals surface area contributed by atoms with Crippen LogP contribution in [0.15, 0.2) is 72.8 Å². The molecule has 0 saturated carbocycles. The normalized spacial score (nSPS) is 12.5. The van der Waals surface area contributed by atoms with Crippen LogP contribution in [0.3, 0.4) is 0 Å². The van der Waals surface area contributed by atoms with E-state index < -0.39 is 5.97 Å². The van der Waals surface area contributed by atoms with Crippen molar-refractivity contribution in [1.29, 1.82) is 0 Å². The van der Waals surface area contributed by atoms with Gasteiger partial charge in [-0.15, -0.1) is 0 Å². The van der Waals surface area contributed by atoms with Crippen LogP contribution < -0.4 is 9.47 Å². The monoisotopic (exact) mass is 516 g/mol. The lowest BCUT2D eigenvalue weighted by molar-refractivity contribution is 0.0256. The second-order valence-electron chi connectivity index (χ2n) is 9.58. The molecule has 0 aliphatic heterocycles. The largest absolute Gasteiger partial charge is 0.491 e. The average molecular weight is 517 g/mol. The molecule has 0 aromatic heterocycles. The second-order valence-corrected chi connectivity index (χ2v) is 9.58. The van der Waals surface area contributed by atoms with Gasteiger partial charge in [0.25, 0.3) is 0 Å². The molecule has 3 aromatic rings. The Morgan fingerprint density at radius 2 is 1.29 bits per heavy atom. The number of ether oxygens (including phenoxy) is 3. The van der Waals surface area contributed by atoms with Gasteiger partial charge in [-0.05, 0) is 66.8 Å². The van der Waals surface area contributed by atoms with Gasteiger partial charge in [-0.25, -0.2) is 4.79 Å². The summed E-state index contributed by atoms with van der Waals surface area (Å²) in [6.45, 7) is 9.31. The van der Waals surface area contributed by atoms with Gasteiger partial charge in [0.1, 0.15) is 18.1 Å². The van der Waals surface area contributed by atoms with Crippen LogP contribution in [0.2, 0.25) is 0 Å². The number of carbonyl (C=O) groups excluding carboxylic acids is 2. The van der Waals surface area contributed by atoms with Crippen LogP contribution in [0, 0.1) is 5.92 Å². The Bertz CT molecular complexity index is 1130. The lowest BCUT2D eigenvalue weighted by Gasteiger charge is -2.16. The molecule has 5 heteroatoms. The van der Waals surface area contributed by atoms with Gasteiger partial charge >= 0.3 is 5.97 Å². The molecule has 0 heterocycles. The summed E-state index contributed by atoms with van der Waals surface area (Å²) in [5.74, 6) is 0.911. The van der Waals surface area contributed by atoms with E-state index in [-0.39, 0.29) is 17.8 Å². The van der Waals surface area contributed by atoms with E-state index in [1.54, 1.807) is 36.4 Å². The van der Waals surface area contributed by atoms with Crippen LogP contribution in [0.25, 0.3) is 11.1 Å². The number of esters is 1. The summed E-state index contributed by atoms with van der Waals surface area (Å²) >= 11 is 0. The van der Waals surface area contributed by atoms with Crippen molar-refractivity contribution in [1.82, 2.24) is 0 Å². The van der Waals surface area contributed by atoms with E-state index in [2.05, 4.69) is 13.8 Å². The van der Waals surface area contributed by atoms with Crippen molar-refractivity contribution in [3.05, 3.63) is 83.9 Å². The highest BCUT2D eigenvalue weighted by atomic mass is 16.5. The number of Topliss-reactive ketones (excluding diaryl/α,β-unsaturated/α-hetero) is 1. The minimum Gasteiger partial charge on any atom is -0.491 e. The molecule has 0 fully saturated rings. The number of benzene rings is 3. The Morgan fingerprint density at radius 1 is 0.711 bits per heavy atom. The van der Waals surface area contributed by atoms with Gasteiger partial charge in [0.05, 0.1) is 18.3 Å². The average Bonchev–Trinajstić information content (AvgIpc) is 2.96. The van der Waals surface area contributed by atoms with Crippen molar-refractivity contribution >= 4 is 11.8 Å². The number of rotatable bonds is 15. The number of unbranched alkanes of at least 4 members (excludes halogenated alkanes) is 1. The van der Waals surface area contributed by atoms with Crippen molar-refractivity contribution < 1.29 is 23.8 Å². The quantitative estimate of drug-likeness (QED) is 0.0882. The van der Waals surface area contributed by atoms with E-state index in [0.29, 0.717) is 30.3 Å². The third-order valence-corrected chi connectivity index (χ3v) is 6.76. The molecule has 38 heavy (non-hydrogen) atoms. The molecule has 0 bridgehead atoms. The first-order valence-electron chi connectivity index (χ1n) is 13.8. The van der Waals surface area contributed by atoms with E-state index in [0.717, 1.165) is 36.0 Å². The van der Waals surface area contributed by atoms with Crippen molar-refractivity contribution in [3.8, 4) is 22.6 Å². The first-order valence-corrected chi connectivity index (χ1v) is 13.8. The van der Waals surface area contributed by atoms with Gasteiger partial charge in [-0.2, -0.15) is 0 Å². The number of ketones is 1. The number of hydrogen-bond acceptors (Lipinski definition) is 5. The van der Waals surface area contributed by atoms with Crippen LogP contribution in [-0.4, -0.2) is 31.1 Å². The minimum absolute atomic E-state index is 0.0203. The van der Waals surface area contributed by atoms with Crippen molar-refractivity contribution in [3.63, 3.8) is 0 Å². The molecule has 0 unspecified atom stereocenters. The summed E-state index contributed by atoms with van der Waals surface area (Å²) in [6, 6.07) is 21.9. The summed E-state index contributed by atoms with van der Waals surface area (Å²) in [6.07, 6.45) is 5.56. The van der Waals surface area contributed by atoms with E-state index in [1.807, 2.05) is 50.2 Å². The Hall–Kier alpha value is -3.44. The van der Waals surface area contributed by atoms with Gasteiger partial charge in [0.2, 0.25) is 0 Å². The standard InChI is InChI=1S/C33H40O5/c1-5-8-9-29(7-3)36-22-23-37-30-18-16-28(17-19-30)33(35)38-31-20-14-26(15-21-31)25-10-12-27(13-11-25)32(34)24(4)6-2/h10-21,24,29H,5-9,22-23H2,1-4H3/t24-,29-/m0/s1. The molecule has 2 atom stereocenters. The van der Waals surface area contributed by atoms with E-state index in [9.17, 15) is 9.59 Å². The topological polar surface area (TPSA) is 61.8 Å². The molecule has 3 aromatic carbocycles. The Morgan fingerprint density at radius 3 is 1.87 bits per heavy atom. The predicted molar refractivity (Wildman–Crippen MR) is 152 cm³/mol. The SMILES string of the molecule is CCCC[C@H](CC)OCCOc1ccc(C(=O)Oc2ccc(-c3ccc(C(=O)[C@@H](C)CC)cc3)cc2)cc1. The first kappa shape index (κ1) is 29.1. The highest BCUT2D eigenvalue weighted by molar-refractivity contribution is 5.98. The van der Waals surface area contributed by atoms with Gasteiger partial charge in [-0.3, -0.25) is 4.79 Å². The third-order valence-electron chi connectivity index (χ3n) is 6.76. The summed E-state index contributed by atoms with van der Waals surface area (Å²) < 4.78 is 17.2. The molecule has 5 nitrogen and oxygen atoms in total. The maximum Gasteiger partial charge on any atom is 0.343 e. The van der Waals surface area contributed by atoms with Gasteiger partial charge in [0, 0.05) is 11.5 Å². The summed E-state index contributed by atoms with van der Waals surface area (Å²) in [7, 11) is 0. The molecule has 0 aliphatic rings. The molecule has 0 amide bonds. The molecule has 0 radical (unpaired) electrons. The van der Waals surface area contributed by atoms with Crippen molar-refractivity contribution in [2.75, 3.05) is 13.2 Å². The first-order chi connectivity index (χ1) is 18.4. The summed E-state index contributed by atoms with van der Waals surface area (Å²) in [5, 5.41) is 0. The zero-order valence-corrected chi connectivity index (χ0v) is 23.1. The van der Waals surface area contributed by atoms with E-state index in [1.165, 1.54) is 12.8 Å². The van der Waals surface area contributed by atoms with Crippen LogP contribution in [0.4, 0.5) is 0 Å². The summed E-state index contributed by atoms with van der Waals surface area (Å²) in [4.78, 5) is 25.0. The lowest BCUT2D eigenvalue weighted by atomic mass is 9.95. The highest BCUT2D eigenvalue weighted by Gasteiger charge is 2.13. The number of hydrogen-bond donors (Lipinski definition) is 0. The molecular weight excluding hydrogens is 476 g/mol. The molecule has 3 rings (SSSR count). The van der Waals surface area contributed by atoms with Gasteiger partial charge < -0.3 is 14.2 Å². The minimum atomic E-state index is -0.428. The van der Waals surface area contributed by atoms with Gasteiger partial charge in [-0.1, -0.05) is 76.9 Å². The zero-order valence-electron chi connectivity index (χ0n) is 23.1. The molecule has 0 aliphatic carbocycles. The van der Waals surface area contributed by atoms with Crippen molar-refractivity contribution in [2.24, 2.45) is 5.92 Å². The molecule has 0 saturated heterocycles. The fraction of sp³-hybridized carbons (Fsp3) is 0.394. The molecule has 202 valence electrons. The Balaban J connectivity index is 1.49. The Kier molecular flexibility index (Phi) is 11.6.